The van der Waals surface area contributed by atoms with E-state index in [0.29, 0.717) is 15.6 Å². The van der Waals surface area contributed by atoms with Crippen LogP contribution >= 0.6 is 23.2 Å². The predicted octanol–water partition coefficient (Wildman–Crippen LogP) is 5.63. The zero-order chi connectivity index (χ0) is 22.5. The van der Waals surface area contributed by atoms with Crippen molar-refractivity contribution in [3.63, 3.8) is 0 Å². The topological polar surface area (TPSA) is 49.4 Å². The van der Waals surface area contributed by atoms with Gasteiger partial charge in [0.05, 0.1) is 6.42 Å². The van der Waals surface area contributed by atoms with Crippen LogP contribution < -0.4 is 5.32 Å². The number of carbonyl (C=O) groups is 2. The molecule has 0 heterocycles. The van der Waals surface area contributed by atoms with Crippen LogP contribution in [0.3, 0.4) is 0 Å². The maximum Gasteiger partial charge on any atom is 0.242 e. The Hall–Kier alpha value is -2.04. The third kappa shape index (κ3) is 6.02. The monoisotopic (exact) mass is 460 g/mol. The van der Waals surface area contributed by atoms with Crippen LogP contribution in [0.15, 0.2) is 36.4 Å². The van der Waals surface area contributed by atoms with Gasteiger partial charge in [0, 0.05) is 28.2 Å². The second-order valence-electron chi connectivity index (χ2n) is 8.48. The Bertz CT molecular complexity index is 934. The summed E-state index contributed by atoms with van der Waals surface area (Å²) in [5.74, 6) is -0.267. The highest BCUT2D eigenvalue weighted by atomic mass is 35.5. The molecule has 0 aliphatic heterocycles. The number of hydrogen-bond acceptors (Lipinski definition) is 2. The standard InChI is InChI=1S/C25H30Cl2N2O2/c1-16-11-12-19(13-17(16)2)14-24(30)29(15-21-22(26)9-6-10-23(21)27)18(3)25(31)28-20-7-4-5-8-20/h6,9-13,18,20H,4-5,7-8,14-15H2,1-3H3,(H,28,31). The maximum absolute atomic E-state index is 13.4. The van der Waals surface area contributed by atoms with E-state index < -0.39 is 6.04 Å². The molecular weight excluding hydrogens is 431 g/mol. The highest BCUT2D eigenvalue weighted by Gasteiger charge is 2.29. The van der Waals surface area contributed by atoms with Gasteiger partial charge >= 0.3 is 0 Å². The van der Waals surface area contributed by atoms with Crippen LogP contribution in [0.2, 0.25) is 10.0 Å². The minimum absolute atomic E-state index is 0.131. The first-order chi connectivity index (χ1) is 14.8. The molecule has 0 spiro atoms. The number of carbonyl (C=O) groups excluding carboxylic acids is 2. The Balaban J connectivity index is 1.83. The minimum atomic E-state index is -0.632. The Morgan fingerprint density at radius 3 is 2.32 bits per heavy atom. The summed E-state index contributed by atoms with van der Waals surface area (Å²) in [6.07, 6.45) is 4.45. The van der Waals surface area contributed by atoms with Crippen molar-refractivity contribution in [1.29, 1.82) is 0 Å². The summed E-state index contributed by atoms with van der Waals surface area (Å²) in [5, 5.41) is 4.08. The summed E-state index contributed by atoms with van der Waals surface area (Å²) < 4.78 is 0. The van der Waals surface area contributed by atoms with Crippen molar-refractivity contribution < 1.29 is 9.59 Å². The van der Waals surface area contributed by atoms with E-state index in [1.807, 2.05) is 32.0 Å². The number of benzene rings is 2. The fraction of sp³-hybridized carbons (Fsp3) is 0.440. The average Bonchev–Trinajstić information content (AvgIpc) is 3.23. The van der Waals surface area contributed by atoms with Gasteiger partial charge in [0.15, 0.2) is 0 Å². The zero-order valence-electron chi connectivity index (χ0n) is 18.4. The van der Waals surface area contributed by atoms with Gasteiger partial charge in [-0.25, -0.2) is 0 Å². The van der Waals surface area contributed by atoms with Gasteiger partial charge in [-0.1, -0.05) is 60.3 Å². The minimum Gasteiger partial charge on any atom is -0.352 e. The predicted molar refractivity (Wildman–Crippen MR) is 126 cm³/mol. The van der Waals surface area contributed by atoms with Gasteiger partial charge < -0.3 is 10.2 Å². The van der Waals surface area contributed by atoms with Gasteiger partial charge in [-0.2, -0.15) is 0 Å². The molecule has 0 aromatic heterocycles. The van der Waals surface area contributed by atoms with E-state index in [9.17, 15) is 9.59 Å². The van der Waals surface area contributed by atoms with Gasteiger partial charge in [0.25, 0.3) is 0 Å². The van der Waals surface area contributed by atoms with Gasteiger partial charge in [0.1, 0.15) is 6.04 Å². The first-order valence-corrected chi connectivity index (χ1v) is 11.6. The molecule has 4 nitrogen and oxygen atoms in total. The first kappa shape index (κ1) is 23.6. The van der Waals surface area contributed by atoms with Crippen LogP contribution in [-0.4, -0.2) is 28.8 Å². The SMILES string of the molecule is Cc1ccc(CC(=O)N(Cc2c(Cl)cccc2Cl)C(C)C(=O)NC2CCCC2)cc1C. The van der Waals surface area contributed by atoms with Gasteiger partial charge in [0.2, 0.25) is 11.8 Å². The summed E-state index contributed by atoms with van der Waals surface area (Å²) in [7, 11) is 0. The molecule has 2 aromatic rings. The van der Waals surface area contributed by atoms with Gasteiger partial charge in [-0.15, -0.1) is 0 Å². The molecule has 0 bridgehead atoms. The fourth-order valence-corrected chi connectivity index (χ4v) is 4.53. The fourth-order valence-electron chi connectivity index (χ4n) is 4.02. The summed E-state index contributed by atoms with van der Waals surface area (Å²) in [6.45, 7) is 6.03. The number of halogens is 2. The van der Waals surface area contributed by atoms with Crippen molar-refractivity contribution in [2.45, 2.75) is 71.5 Å². The van der Waals surface area contributed by atoms with E-state index >= 15 is 0 Å². The number of aryl methyl sites for hydroxylation is 2. The Kier molecular flexibility index (Phi) is 8.01. The van der Waals surface area contributed by atoms with E-state index in [2.05, 4.69) is 5.32 Å². The Morgan fingerprint density at radius 2 is 1.71 bits per heavy atom. The van der Waals surface area contributed by atoms with Crippen molar-refractivity contribution >= 4 is 35.0 Å². The molecule has 0 saturated heterocycles. The van der Waals surface area contributed by atoms with Crippen LogP contribution in [0.25, 0.3) is 0 Å². The largest absolute Gasteiger partial charge is 0.352 e. The number of nitrogens with one attached hydrogen (secondary N) is 1. The molecule has 6 heteroatoms. The summed E-state index contributed by atoms with van der Waals surface area (Å²) in [4.78, 5) is 28.0. The first-order valence-electron chi connectivity index (χ1n) is 10.8. The molecule has 1 aliphatic carbocycles. The molecule has 1 atom stereocenters. The van der Waals surface area contributed by atoms with Crippen molar-refractivity contribution in [2.24, 2.45) is 0 Å². The number of rotatable bonds is 7. The molecule has 1 N–H and O–H groups in total. The Labute approximate surface area is 194 Å². The maximum atomic E-state index is 13.4. The molecule has 0 radical (unpaired) electrons. The van der Waals surface area contributed by atoms with Crippen molar-refractivity contribution in [1.82, 2.24) is 10.2 Å². The lowest BCUT2D eigenvalue weighted by molar-refractivity contribution is -0.140. The summed E-state index contributed by atoms with van der Waals surface area (Å²) in [6, 6.07) is 10.8. The molecule has 1 aliphatic rings. The molecule has 1 saturated carbocycles. The highest BCUT2D eigenvalue weighted by Crippen LogP contribution is 2.27. The van der Waals surface area contributed by atoms with Crippen LogP contribution in [0, 0.1) is 13.8 Å². The van der Waals surface area contributed by atoms with Crippen molar-refractivity contribution in [3.8, 4) is 0 Å². The van der Waals surface area contributed by atoms with E-state index in [0.717, 1.165) is 36.8 Å². The third-order valence-corrected chi connectivity index (χ3v) is 6.89. The molecule has 3 rings (SSSR count). The van der Waals surface area contributed by atoms with Gasteiger partial charge in [-0.05, 0) is 62.4 Å². The average molecular weight is 461 g/mol. The second kappa shape index (κ2) is 10.5. The number of nitrogens with zero attached hydrogens (tertiary/aromatic N) is 1. The lowest BCUT2D eigenvalue weighted by Gasteiger charge is -2.30. The summed E-state index contributed by atoms with van der Waals surface area (Å²) >= 11 is 12.8. The zero-order valence-corrected chi connectivity index (χ0v) is 19.9. The second-order valence-corrected chi connectivity index (χ2v) is 9.30. The normalized spacial score (nSPS) is 15.0. The molecule has 166 valence electrons. The van der Waals surface area contributed by atoms with E-state index in [-0.39, 0.29) is 30.8 Å². The smallest absolute Gasteiger partial charge is 0.242 e. The molecule has 31 heavy (non-hydrogen) atoms. The lowest BCUT2D eigenvalue weighted by atomic mass is 10.0. The van der Waals surface area contributed by atoms with Crippen molar-refractivity contribution in [3.05, 3.63) is 68.7 Å². The molecular formula is C25H30Cl2N2O2. The summed E-state index contributed by atoms with van der Waals surface area (Å²) in [5.41, 5.74) is 3.89. The van der Waals surface area contributed by atoms with Crippen molar-refractivity contribution in [2.75, 3.05) is 0 Å². The molecule has 2 amide bonds. The molecule has 2 aromatic carbocycles. The lowest BCUT2D eigenvalue weighted by Crippen LogP contribution is -2.50. The van der Waals surface area contributed by atoms with Gasteiger partial charge in [-0.3, -0.25) is 9.59 Å². The quantitative estimate of drug-likeness (QED) is 0.581. The third-order valence-electron chi connectivity index (χ3n) is 6.19. The Morgan fingerprint density at radius 1 is 1.06 bits per heavy atom. The highest BCUT2D eigenvalue weighted by molar-refractivity contribution is 6.36. The van der Waals surface area contributed by atoms with E-state index in [4.69, 9.17) is 23.2 Å². The van der Waals surface area contributed by atoms with Crippen LogP contribution in [-0.2, 0) is 22.6 Å². The van der Waals surface area contributed by atoms with Crippen LogP contribution in [0.4, 0.5) is 0 Å². The van der Waals surface area contributed by atoms with Crippen LogP contribution in [0.5, 0.6) is 0 Å². The molecule has 1 fully saturated rings. The molecule has 1 unspecified atom stereocenters. The number of hydrogen-bond donors (Lipinski definition) is 1. The number of amides is 2. The van der Waals surface area contributed by atoms with E-state index in [1.54, 1.807) is 30.0 Å². The van der Waals surface area contributed by atoms with Crippen LogP contribution in [0.1, 0.15) is 54.9 Å². The van der Waals surface area contributed by atoms with E-state index in [1.165, 1.54) is 5.56 Å².